The summed E-state index contributed by atoms with van der Waals surface area (Å²) in [6.45, 7) is 7.35. The zero-order chi connectivity index (χ0) is 19.8. The Morgan fingerprint density at radius 3 is 2.11 bits per heavy atom. The number of carbonyl (C=O) groups excluding carboxylic acids is 2. The van der Waals surface area contributed by atoms with Gasteiger partial charge in [-0.05, 0) is 30.2 Å². The van der Waals surface area contributed by atoms with Gasteiger partial charge in [-0.2, -0.15) is 0 Å². The van der Waals surface area contributed by atoms with Crippen molar-refractivity contribution in [2.24, 2.45) is 10.9 Å². The summed E-state index contributed by atoms with van der Waals surface area (Å²) < 4.78 is 5.79. The molecule has 0 saturated heterocycles. The van der Waals surface area contributed by atoms with E-state index >= 15 is 0 Å². The van der Waals surface area contributed by atoms with Crippen LogP contribution in [0.1, 0.15) is 38.8 Å². The molecule has 0 heterocycles. The highest BCUT2D eigenvalue weighted by atomic mass is 16.5. The van der Waals surface area contributed by atoms with Crippen LogP contribution in [0.15, 0.2) is 59.6 Å². The zero-order valence-corrected chi connectivity index (χ0v) is 16.4. The molecule has 0 aliphatic heterocycles. The van der Waals surface area contributed by atoms with Gasteiger partial charge in [0.2, 0.25) is 0 Å². The molecule has 2 aromatic rings. The quantitative estimate of drug-likeness (QED) is 0.617. The summed E-state index contributed by atoms with van der Waals surface area (Å²) in [5, 5.41) is 0. The molecule has 0 aliphatic rings. The van der Waals surface area contributed by atoms with Crippen molar-refractivity contribution in [2.75, 3.05) is 0 Å². The largest absolute Gasteiger partial charge is 0.489 e. The second-order valence-electron chi connectivity index (χ2n) is 6.97. The van der Waals surface area contributed by atoms with Crippen LogP contribution in [0.2, 0.25) is 0 Å². The molecule has 0 bridgehead atoms. The third-order valence-corrected chi connectivity index (χ3v) is 4.36. The van der Waals surface area contributed by atoms with Crippen molar-refractivity contribution in [3.8, 4) is 5.75 Å². The fourth-order valence-corrected chi connectivity index (χ4v) is 2.61. The molecule has 0 aliphatic carbocycles. The Morgan fingerprint density at radius 1 is 0.926 bits per heavy atom. The van der Waals surface area contributed by atoms with Gasteiger partial charge in [0.05, 0.1) is 5.71 Å². The average Bonchev–Trinajstić information content (AvgIpc) is 2.66. The van der Waals surface area contributed by atoms with E-state index in [9.17, 15) is 9.59 Å². The summed E-state index contributed by atoms with van der Waals surface area (Å²) in [4.78, 5) is 28.4. The molecule has 142 valence electrons. The second-order valence-corrected chi connectivity index (χ2v) is 6.97. The van der Waals surface area contributed by atoms with Gasteiger partial charge in [0.15, 0.2) is 11.6 Å². The maximum Gasteiger partial charge on any atom is 0.173 e. The fourth-order valence-electron chi connectivity index (χ4n) is 2.61. The number of ketones is 2. The summed E-state index contributed by atoms with van der Waals surface area (Å²) in [5.74, 6) is 0.575. The van der Waals surface area contributed by atoms with E-state index in [0.29, 0.717) is 18.7 Å². The summed E-state index contributed by atoms with van der Waals surface area (Å²) in [7, 11) is 0. The molecule has 27 heavy (non-hydrogen) atoms. The average molecular weight is 365 g/mol. The number of Topliss-reactive ketones (excluding diaryl/α,β-unsaturated/α-hetero) is 2. The van der Waals surface area contributed by atoms with E-state index in [1.165, 1.54) is 6.92 Å². The molecule has 2 rings (SSSR count). The lowest BCUT2D eigenvalue weighted by Gasteiger charge is -2.15. The number of hydrogen-bond donors (Lipinski definition) is 0. The maximum atomic E-state index is 12.5. The van der Waals surface area contributed by atoms with E-state index in [0.717, 1.165) is 16.9 Å². The van der Waals surface area contributed by atoms with Crippen LogP contribution in [0, 0.1) is 5.92 Å². The molecule has 0 N–H and O–H groups in total. The SMILES string of the molecule is CC(=O)/C(C)=N/[C@@H](Cc1ccc(OCc2ccccc2)cc1)C(=O)C(C)C. The van der Waals surface area contributed by atoms with Gasteiger partial charge in [0.1, 0.15) is 18.4 Å². The van der Waals surface area contributed by atoms with Crippen LogP contribution in [0.5, 0.6) is 5.75 Å². The molecule has 4 heteroatoms. The number of hydrogen-bond acceptors (Lipinski definition) is 4. The van der Waals surface area contributed by atoms with Crippen LogP contribution in [0.25, 0.3) is 0 Å². The molecule has 0 unspecified atom stereocenters. The lowest BCUT2D eigenvalue weighted by atomic mass is 9.96. The molecule has 0 radical (unpaired) electrons. The Labute approximate surface area is 161 Å². The molecule has 0 spiro atoms. The molecule has 1 atom stereocenters. The Morgan fingerprint density at radius 2 is 1.56 bits per heavy atom. The lowest BCUT2D eigenvalue weighted by Crippen LogP contribution is -2.27. The van der Waals surface area contributed by atoms with Crippen molar-refractivity contribution >= 4 is 17.3 Å². The van der Waals surface area contributed by atoms with Gasteiger partial charge in [-0.1, -0.05) is 56.3 Å². The zero-order valence-electron chi connectivity index (χ0n) is 16.4. The number of benzene rings is 2. The van der Waals surface area contributed by atoms with Crippen molar-refractivity contribution in [2.45, 2.75) is 46.8 Å². The lowest BCUT2D eigenvalue weighted by molar-refractivity contribution is -0.123. The van der Waals surface area contributed by atoms with Crippen LogP contribution < -0.4 is 4.74 Å². The molecule has 0 aromatic heterocycles. The smallest absolute Gasteiger partial charge is 0.173 e. The standard InChI is InChI=1S/C23H27NO3/c1-16(2)23(26)22(24-17(3)18(4)25)14-19-10-12-21(13-11-19)27-15-20-8-6-5-7-9-20/h5-13,16,22H,14-15H2,1-4H3/b24-17+/t22-/m0/s1. The van der Waals surface area contributed by atoms with Gasteiger partial charge in [-0.15, -0.1) is 0 Å². The first kappa shape index (κ1) is 20.6. The van der Waals surface area contributed by atoms with E-state index in [4.69, 9.17) is 4.74 Å². The summed E-state index contributed by atoms with van der Waals surface area (Å²) in [5.41, 5.74) is 2.48. The van der Waals surface area contributed by atoms with E-state index in [1.54, 1.807) is 6.92 Å². The number of aliphatic imine (C=N–C) groups is 1. The molecule has 4 nitrogen and oxygen atoms in total. The predicted octanol–water partition coefficient (Wildman–Crippen LogP) is 4.45. The van der Waals surface area contributed by atoms with Gasteiger partial charge in [-0.25, -0.2) is 0 Å². The van der Waals surface area contributed by atoms with Gasteiger partial charge in [-0.3, -0.25) is 14.6 Å². The van der Waals surface area contributed by atoms with Crippen molar-refractivity contribution in [1.82, 2.24) is 0 Å². The van der Waals surface area contributed by atoms with E-state index in [2.05, 4.69) is 4.99 Å². The molecular formula is C23H27NO3. The molecule has 0 amide bonds. The third kappa shape index (κ3) is 6.48. The molecule has 2 aromatic carbocycles. The topological polar surface area (TPSA) is 55.7 Å². The first-order valence-corrected chi connectivity index (χ1v) is 9.21. The van der Waals surface area contributed by atoms with Gasteiger partial charge in [0.25, 0.3) is 0 Å². The minimum atomic E-state index is -0.537. The minimum Gasteiger partial charge on any atom is -0.489 e. The normalized spacial score (nSPS) is 12.7. The predicted molar refractivity (Wildman–Crippen MR) is 108 cm³/mol. The highest BCUT2D eigenvalue weighted by molar-refractivity contribution is 6.38. The number of carbonyl (C=O) groups is 2. The number of rotatable bonds is 9. The Kier molecular flexibility index (Phi) is 7.47. The van der Waals surface area contributed by atoms with E-state index in [-0.39, 0.29) is 17.5 Å². The Bertz CT molecular complexity index is 792. The first-order valence-electron chi connectivity index (χ1n) is 9.21. The minimum absolute atomic E-state index is 0.0417. The number of ether oxygens (including phenoxy) is 1. The molecular weight excluding hydrogens is 338 g/mol. The fraction of sp³-hybridized carbons (Fsp3) is 0.348. The van der Waals surface area contributed by atoms with Gasteiger partial charge >= 0.3 is 0 Å². The van der Waals surface area contributed by atoms with Crippen molar-refractivity contribution < 1.29 is 14.3 Å². The van der Waals surface area contributed by atoms with E-state index in [1.807, 2.05) is 68.4 Å². The van der Waals surface area contributed by atoms with Crippen LogP contribution in [-0.2, 0) is 22.6 Å². The summed E-state index contributed by atoms with van der Waals surface area (Å²) in [6, 6.07) is 17.1. The van der Waals surface area contributed by atoms with E-state index < -0.39 is 6.04 Å². The first-order chi connectivity index (χ1) is 12.9. The highest BCUT2D eigenvalue weighted by Gasteiger charge is 2.21. The van der Waals surface area contributed by atoms with Crippen molar-refractivity contribution in [1.29, 1.82) is 0 Å². The Balaban J connectivity index is 2.06. The second kappa shape index (κ2) is 9.81. The van der Waals surface area contributed by atoms with Crippen LogP contribution in [-0.4, -0.2) is 23.3 Å². The highest BCUT2D eigenvalue weighted by Crippen LogP contribution is 2.17. The third-order valence-electron chi connectivity index (χ3n) is 4.36. The van der Waals surface area contributed by atoms with Crippen LogP contribution in [0.4, 0.5) is 0 Å². The van der Waals surface area contributed by atoms with Crippen molar-refractivity contribution in [3.63, 3.8) is 0 Å². The van der Waals surface area contributed by atoms with Crippen molar-refractivity contribution in [3.05, 3.63) is 65.7 Å². The maximum absolute atomic E-state index is 12.5. The van der Waals surface area contributed by atoms with Crippen LogP contribution in [0.3, 0.4) is 0 Å². The van der Waals surface area contributed by atoms with Gasteiger partial charge in [0, 0.05) is 19.3 Å². The summed E-state index contributed by atoms with van der Waals surface area (Å²) >= 11 is 0. The van der Waals surface area contributed by atoms with Gasteiger partial charge < -0.3 is 4.74 Å². The Hall–Kier alpha value is -2.75. The number of nitrogens with zero attached hydrogens (tertiary/aromatic N) is 1. The summed E-state index contributed by atoms with van der Waals surface area (Å²) in [6.07, 6.45) is 0.473. The molecule has 0 saturated carbocycles. The monoisotopic (exact) mass is 365 g/mol. The molecule has 0 fully saturated rings. The van der Waals surface area contributed by atoms with Crippen LogP contribution >= 0.6 is 0 Å².